The van der Waals surface area contributed by atoms with Gasteiger partial charge in [-0.05, 0) is 37.6 Å². The van der Waals surface area contributed by atoms with Gasteiger partial charge in [0.15, 0.2) is 0 Å². The molecule has 0 atom stereocenters. The normalized spacial score (nSPS) is 9.44. The van der Waals surface area contributed by atoms with E-state index >= 15 is 0 Å². The van der Waals surface area contributed by atoms with E-state index < -0.39 is 0 Å². The van der Waals surface area contributed by atoms with Crippen molar-refractivity contribution in [1.82, 2.24) is 4.98 Å². The maximum absolute atomic E-state index is 9.18. The third-order valence-electron chi connectivity index (χ3n) is 2.06. The quantitative estimate of drug-likeness (QED) is 0.817. The number of hydrogen-bond acceptors (Lipinski definition) is 2. The van der Waals surface area contributed by atoms with E-state index in [1.807, 2.05) is 31.3 Å². The molecule has 0 unspecified atom stereocenters. The van der Waals surface area contributed by atoms with E-state index in [-0.39, 0.29) is 0 Å². The molecule has 0 bridgehead atoms. The van der Waals surface area contributed by atoms with Crippen LogP contribution in [0.5, 0.6) is 0 Å². The number of carbonyl (C=O) groups is 1. The van der Waals surface area contributed by atoms with Crippen molar-refractivity contribution in [3.05, 3.63) is 35.0 Å². The number of ether oxygens (including phenoxy) is 1. The first kappa shape index (κ1) is 12.6. The molecule has 0 fully saturated rings. The molecule has 16 heavy (non-hydrogen) atoms. The predicted molar refractivity (Wildman–Crippen MR) is 65.7 cm³/mol. The number of aromatic amines is 1. The first-order valence-electron chi connectivity index (χ1n) is 4.97. The summed E-state index contributed by atoms with van der Waals surface area (Å²) in [6.45, 7) is 4.71. The number of hydrogen-bond donors (Lipinski definition) is 1. The zero-order chi connectivity index (χ0) is 12.0. The Morgan fingerprint density at radius 3 is 2.81 bits per heavy atom. The average molecular weight is 240 g/mol. The fraction of sp³-hybridized carbons (Fsp3) is 0.250. The van der Waals surface area contributed by atoms with E-state index in [9.17, 15) is 4.79 Å². The van der Waals surface area contributed by atoms with E-state index in [0.29, 0.717) is 13.1 Å². The number of H-pyrrole nitrogens is 1. The van der Waals surface area contributed by atoms with Gasteiger partial charge in [-0.15, -0.1) is 0 Å². The molecule has 4 heteroatoms. The van der Waals surface area contributed by atoms with E-state index in [1.54, 1.807) is 6.92 Å². The van der Waals surface area contributed by atoms with Gasteiger partial charge in [0, 0.05) is 22.1 Å². The van der Waals surface area contributed by atoms with E-state index in [1.165, 1.54) is 16.5 Å². The maximum atomic E-state index is 9.18. The van der Waals surface area contributed by atoms with Crippen LogP contribution in [0, 0.1) is 6.92 Å². The van der Waals surface area contributed by atoms with Crippen LogP contribution >= 0.6 is 11.6 Å². The van der Waals surface area contributed by atoms with Crippen LogP contribution in [-0.2, 0) is 9.53 Å². The van der Waals surface area contributed by atoms with Crippen molar-refractivity contribution < 1.29 is 9.53 Å². The molecule has 1 aromatic carbocycles. The van der Waals surface area contributed by atoms with Gasteiger partial charge in [-0.1, -0.05) is 11.6 Å². The summed E-state index contributed by atoms with van der Waals surface area (Å²) >= 11 is 5.87. The lowest BCUT2D eigenvalue weighted by molar-refractivity contribution is -0.128. The second-order valence-corrected chi connectivity index (χ2v) is 3.65. The maximum Gasteiger partial charge on any atom is 0.293 e. The minimum Gasteiger partial charge on any atom is -0.468 e. The van der Waals surface area contributed by atoms with Crippen LogP contribution in [0.3, 0.4) is 0 Å². The molecule has 1 aromatic heterocycles. The number of aryl methyl sites for hydroxylation is 1. The molecular weight excluding hydrogens is 226 g/mol. The molecule has 0 aliphatic rings. The summed E-state index contributed by atoms with van der Waals surface area (Å²) < 4.78 is 4.15. The van der Waals surface area contributed by atoms with Crippen LogP contribution < -0.4 is 0 Å². The lowest BCUT2D eigenvalue weighted by atomic mass is 10.2. The second-order valence-electron chi connectivity index (χ2n) is 3.22. The van der Waals surface area contributed by atoms with Gasteiger partial charge in [-0.3, -0.25) is 4.79 Å². The molecule has 86 valence electrons. The van der Waals surface area contributed by atoms with Crippen molar-refractivity contribution >= 4 is 29.0 Å². The molecule has 0 amide bonds. The first-order valence-corrected chi connectivity index (χ1v) is 5.35. The lowest BCUT2D eigenvalue weighted by Gasteiger charge is -1.96. The van der Waals surface area contributed by atoms with Gasteiger partial charge in [0.2, 0.25) is 0 Å². The van der Waals surface area contributed by atoms with Gasteiger partial charge in [-0.2, -0.15) is 0 Å². The number of fused-ring (bicyclic) bond motifs is 1. The molecule has 2 rings (SSSR count). The molecule has 3 nitrogen and oxygen atoms in total. The Labute approximate surface area is 99.4 Å². The molecule has 1 N–H and O–H groups in total. The Kier molecular flexibility index (Phi) is 4.86. The molecule has 0 radical (unpaired) electrons. The molecule has 2 aromatic rings. The molecule has 0 aliphatic heterocycles. The van der Waals surface area contributed by atoms with E-state index in [4.69, 9.17) is 11.6 Å². The standard InChI is InChI=1S/C9H8ClN.C3H6O2/c1-6-4-8(10)5-7-2-3-11-9(6)7;1-2-5-3-4/h2-5,11H,1H3;3H,2H2,1H3. The third-order valence-corrected chi connectivity index (χ3v) is 2.27. The van der Waals surface area contributed by atoms with Gasteiger partial charge in [0.25, 0.3) is 6.47 Å². The highest BCUT2D eigenvalue weighted by Gasteiger charge is 1.98. The number of nitrogens with one attached hydrogen (secondary N) is 1. The van der Waals surface area contributed by atoms with Crippen LogP contribution in [0.4, 0.5) is 0 Å². The Bertz CT molecular complexity index is 465. The zero-order valence-corrected chi connectivity index (χ0v) is 10.0. The minimum atomic E-state index is 0.431. The SMILES string of the molecule is CCOC=O.Cc1cc(Cl)cc2cc[nH]c12. The van der Waals surface area contributed by atoms with Crippen LogP contribution in [0.2, 0.25) is 5.02 Å². The van der Waals surface area contributed by atoms with Gasteiger partial charge < -0.3 is 9.72 Å². The van der Waals surface area contributed by atoms with Crippen molar-refractivity contribution in [3.63, 3.8) is 0 Å². The Morgan fingerprint density at radius 2 is 2.25 bits per heavy atom. The molecule has 0 spiro atoms. The van der Waals surface area contributed by atoms with Crippen LogP contribution in [0.15, 0.2) is 24.4 Å². The fourth-order valence-corrected chi connectivity index (χ4v) is 1.66. The molecule has 1 heterocycles. The highest BCUT2D eigenvalue weighted by Crippen LogP contribution is 2.21. The Balaban J connectivity index is 0.000000221. The molecule has 0 saturated heterocycles. The Hall–Kier alpha value is -1.48. The largest absolute Gasteiger partial charge is 0.468 e. The average Bonchev–Trinajstić information content (AvgIpc) is 2.68. The lowest BCUT2D eigenvalue weighted by Crippen LogP contribution is -1.80. The number of benzene rings is 1. The second kappa shape index (κ2) is 6.18. The first-order chi connectivity index (χ1) is 7.69. The Morgan fingerprint density at radius 1 is 1.50 bits per heavy atom. The summed E-state index contributed by atoms with van der Waals surface area (Å²) in [6, 6.07) is 5.94. The van der Waals surface area contributed by atoms with Crippen LogP contribution in [-0.4, -0.2) is 18.1 Å². The molecule has 0 aliphatic carbocycles. The van der Waals surface area contributed by atoms with Gasteiger partial charge in [-0.25, -0.2) is 0 Å². The monoisotopic (exact) mass is 239 g/mol. The zero-order valence-electron chi connectivity index (χ0n) is 9.29. The summed E-state index contributed by atoms with van der Waals surface area (Å²) in [5, 5.41) is 1.98. The van der Waals surface area contributed by atoms with Crippen molar-refractivity contribution in [2.75, 3.05) is 6.61 Å². The van der Waals surface area contributed by atoms with Crippen LogP contribution in [0.1, 0.15) is 12.5 Å². The topological polar surface area (TPSA) is 42.1 Å². The fourth-order valence-electron chi connectivity index (χ4n) is 1.38. The van der Waals surface area contributed by atoms with Crippen LogP contribution in [0.25, 0.3) is 10.9 Å². The summed E-state index contributed by atoms with van der Waals surface area (Å²) in [7, 11) is 0. The summed E-state index contributed by atoms with van der Waals surface area (Å²) in [4.78, 5) is 12.3. The number of rotatable bonds is 2. The highest BCUT2D eigenvalue weighted by atomic mass is 35.5. The van der Waals surface area contributed by atoms with Crippen molar-refractivity contribution in [2.24, 2.45) is 0 Å². The third kappa shape index (κ3) is 3.28. The summed E-state index contributed by atoms with van der Waals surface area (Å²) in [6.07, 6.45) is 1.92. The van der Waals surface area contributed by atoms with E-state index in [2.05, 4.69) is 9.72 Å². The number of carbonyl (C=O) groups excluding carboxylic acids is 1. The smallest absolute Gasteiger partial charge is 0.293 e. The number of halogens is 1. The summed E-state index contributed by atoms with van der Waals surface area (Å²) in [5.41, 5.74) is 2.37. The molecule has 0 saturated carbocycles. The predicted octanol–water partition coefficient (Wildman–Crippen LogP) is 3.31. The number of aromatic nitrogens is 1. The summed E-state index contributed by atoms with van der Waals surface area (Å²) in [5.74, 6) is 0. The minimum absolute atomic E-state index is 0.431. The van der Waals surface area contributed by atoms with Crippen molar-refractivity contribution in [3.8, 4) is 0 Å². The van der Waals surface area contributed by atoms with E-state index in [0.717, 1.165) is 5.02 Å². The van der Waals surface area contributed by atoms with Gasteiger partial charge in [0.05, 0.1) is 6.61 Å². The van der Waals surface area contributed by atoms with Gasteiger partial charge in [0.1, 0.15) is 0 Å². The van der Waals surface area contributed by atoms with Gasteiger partial charge >= 0.3 is 0 Å². The van der Waals surface area contributed by atoms with Crippen molar-refractivity contribution in [1.29, 1.82) is 0 Å². The molecular formula is C12H14ClNO2. The highest BCUT2D eigenvalue weighted by molar-refractivity contribution is 6.31. The van der Waals surface area contributed by atoms with Crippen molar-refractivity contribution in [2.45, 2.75) is 13.8 Å².